The Morgan fingerprint density at radius 1 is 1.50 bits per heavy atom. The molecule has 0 unspecified atom stereocenters. The van der Waals surface area contributed by atoms with E-state index in [0.717, 1.165) is 12.0 Å². The highest BCUT2D eigenvalue weighted by Crippen LogP contribution is 2.39. The number of nitrogens with zero attached hydrogens (tertiary/aromatic N) is 1. The van der Waals surface area contributed by atoms with E-state index in [9.17, 15) is 0 Å². The maximum Gasteiger partial charge on any atom is 0.147 e. The number of hydrogen-bond donors (Lipinski definition) is 1. The third kappa shape index (κ3) is 1.42. The van der Waals surface area contributed by atoms with Gasteiger partial charge in [-0.25, -0.2) is 4.98 Å². The minimum absolute atomic E-state index is 0.282. The lowest BCUT2D eigenvalue weighted by Crippen LogP contribution is -2.01. The van der Waals surface area contributed by atoms with Crippen molar-refractivity contribution in [2.24, 2.45) is 5.73 Å². The van der Waals surface area contributed by atoms with Crippen LogP contribution in [0.25, 0.3) is 0 Å². The van der Waals surface area contributed by atoms with Crippen molar-refractivity contribution in [3.8, 4) is 0 Å². The van der Waals surface area contributed by atoms with Gasteiger partial charge in [-0.15, -0.1) is 0 Å². The summed E-state index contributed by atoms with van der Waals surface area (Å²) >= 11 is 11.5. The van der Waals surface area contributed by atoms with E-state index in [1.54, 1.807) is 6.20 Å². The van der Waals surface area contributed by atoms with Gasteiger partial charge in [-0.2, -0.15) is 0 Å². The average molecular weight is 203 g/mol. The molecule has 0 radical (unpaired) electrons. The van der Waals surface area contributed by atoms with Gasteiger partial charge in [-0.1, -0.05) is 23.2 Å². The highest BCUT2D eigenvalue weighted by Gasteiger charge is 2.35. The summed E-state index contributed by atoms with van der Waals surface area (Å²) in [5, 5.41) is 0.864. The third-order valence-electron chi connectivity index (χ3n) is 2.09. The van der Waals surface area contributed by atoms with Crippen molar-refractivity contribution in [3.63, 3.8) is 0 Å². The number of aromatic nitrogens is 1. The highest BCUT2D eigenvalue weighted by atomic mass is 35.5. The molecule has 4 heteroatoms. The SMILES string of the molecule is N[C@@H]1C[C@H]1c1cnc(Cl)c(Cl)c1. The lowest BCUT2D eigenvalue weighted by molar-refractivity contribution is 0.981. The van der Waals surface area contributed by atoms with Crippen molar-refractivity contribution < 1.29 is 0 Å². The zero-order chi connectivity index (χ0) is 8.72. The number of rotatable bonds is 1. The lowest BCUT2D eigenvalue weighted by atomic mass is 10.2. The Morgan fingerprint density at radius 2 is 2.17 bits per heavy atom. The van der Waals surface area contributed by atoms with Crippen molar-refractivity contribution in [2.75, 3.05) is 0 Å². The van der Waals surface area contributed by atoms with Crippen LogP contribution in [0.3, 0.4) is 0 Å². The molecule has 0 bridgehead atoms. The number of hydrogen-bond acceptors (Lipinski definition) is 2. The van der Waals surface area contributed by atoms with E-state index in [-0.39, 0.29) is 6.04 Å². The van der Waals surface area contributed by atoms with Gasteiger partial charge in [-0.3, -0.25) is 0 Å². The molecule has 1 aromatic heterocycles. The number of pyridine rings is 1. The monoisotopic (exact) mass is 202 g/mol. The molecule has 2 atom stereocenters. The first kappa shape index (κ1) is 8.30. The van der Waals surface area contributed by atoms with Crippen LogP contribution >= 0.6 is 23.2 Å². The molecule has 1 aliphatic rings. The van der Waals surface area contributed by atoms with E-state index in [4.69, 9.17) is 28.9 Å². The van der Waals surface area contributed by atoms with Gasteiger partial charge < -0.3 is 5.73 Å². The van der Waals surface area contributed by atoms with Crippen LogP contribution in [0.4, 0.5) is 0 Å². The second-order valence-electron chi connectivity index (χ2n) is 3.05. The first-order valence-corrected chi connectivity index (χ1v) is 4.50. The molecule has 1 fully saturated rings. The standard InChI is InChI=1S/C8H8Cl2N2/c9-6-1-4(3-12-8(6)10)5-2-7(5)11/h1,3,5,7H,2,11H2/t5-,7+/m0/s1. The quantitative estimate of drug-likeness (QED) is 0.710. The van der Waals surface area contributed by atoms with Crippen LogP contribution < -0.4 is 5.73 Å². The van der Waals surface area contributed by atoms with E-state index >= 15 is 0 Å². The van der Waals surface area contributed by atoms with E-state index in [0.29, 0.717) is 16.1 Å². The van der Waals surface area contributed by atoms with Crippen molar-refractivity contribution in [1.82, 2.24) is 4.98 Å². The van der Waals surface area contributed by atoms with E-state index in [1.165, 1.54) is 0 Å². The van der Waals surface area contributed by atoms with Crippen LogP contribution in [0.15, 0.2) is 12.3 Å². The van der Waals surface area contributed by atoms with Gasteiger partial charge in [0.25, 0.3) is 0 Å². The summed E-state index contributed by atoms with van der Waals surface area (Å²) in [6.45, 7) is 0. The van der Waals surface area contributed by atoms with Crippen LogP contribution in [0.2, 0.25) is 10.2 Å². The van der Waals surface area contributed by atoms with Crippen molar-refractivity contribution >= 4 is 23.2 Å². The Bertz CT molecular complexity index is 314. The van der Waals surface area contributed by atoms with E-state index < -0.39 is 0 Å². The van der Waals surface area contributed by atoms with E-state index in [1.807, 2.05) is 6.07 Å². The minimum Gasteiger partial charge on any atom is -0.327 e. The molecule has 0 aliphatic heterocycles. The minimum atomic E-state index is 0.282. The molecule has 0 amide bonds. The summed E-state index contributed by atoms with van der Waals surface area (Å²) in [6.07, 6.45) is 2.77. The van der Waals surface area contributed by atoms with Crippen molar-refractivity contribution in [2.45, 2.75) is 18.4 Å². The van der Waals surface area contributed by atoms with Gasteiger partial charge in [0.2, 0.25) is 0 Å². The zero-order valence-corrected chi connectivity index (χ0v) is 7.81. The van der Waals surface area contributed by atoms with Crippen LogP contribution in [0.1, 0.15) is 17.9 Å². The molecule has 1 aromatic rings. The van der Waals surface area contributed by atoms with Gasteiger partial charge in [-0.05, 0) is 18.1 Å². The molecule has 12 heavy (non-hydrogen) atoms. The van der Waals surface area contributed by atoms with Gasteiger partial charge in [0.15, 0.2) is 0 Å². The van der Waals surface area contributed by atoms with Gasteiger partial charge >= 0.3 is 0 Å². The van der Waals surface area contributed by atoms with Crippen LogP contribution in [-0.4, -0.2) is 11.0 Å². The third-order valence-corrected chi connectivity index (χ3v) is 2.77. The highest BCUT2D eigenvalue weighted by molar-refractivity contribution is 6.41. The fourth-order valence-corrected chi connectivity index (χ4v) is 1.51. The second-order valence-corrected chi connectivity index (χ2v) is 3.81. The molecule has 0 aromatic carbocycles. The summed E-state index contributed by atoms with van der Waals surface area (Å²) in [6, 6.07) is 2.12. The van der Waals surface area contributed by atoms with Gasteiger partial charge in [0.05, 0.1) is 5.02 Å². The van der Waals surface area contributed by atoms with Crippen LogP contribution in [0.5, 0.6) is 0 Å². The molecule has 0 spiro atoms. The average Bonchev–Trinajstić information content (AvgIpc) is 2.73. The largest absolute Gasteiger partial charge is 0.327 e. The normalized spacial score (nSPS) is 27.2. The van der Waals surface area contributed by atoms with Gasteiger partial charge in [0.1, 0.15) is 5.15 Å². The maximum atomic E-state index is 5.80. The molecule has 2 rings (SSSR count). The topological polar surface area (TPSA) is 38.9 Å². The Hall–Kier alpha value is -0.310. The summed E-state index contributed by atoms with van der Waals surface area (Å²) in [7, 11) is 0. The predicted octanol–water partition coefficient (Wildman–Crippen LogP) is 2.20. The summed E-state index contributed by atoms with van der Waals surface area (Å²) < 4.78 is 0. The lowest BCUT2D eigenvalue weighted by Gasteiger charge is -1.99. The number of halogens is 2. The Labute approximate surface area is 80.7 Å². The first-order valence-electron chi connectivity index (χ1n) is 3.75. The van der Waals surface area contributed by atoms with Crippen molar-refractivity contribution in [1.29, 1.82) is 0 Å². The number of nitrogens with two attached hydrogens (primary N) is 1. The maximum absolute atomic E-state index is 5.80. The van der Waals surface area contributed by atoms with Crippen LogP contribution in [0, 0.1) is 0 Å². The molecule has 2 nitrogen and oxygen atoms in total. The molecule has 1 aliphatic carbocycles. The molecule has 1 heterocycles. The molecular weight excluding hydrogens is 195 g/mol. The second kappa shape index (κ2) is 2.87. The smallest absolute Gasteiger partial charge is 0.147 e. The van der Waals surface area contributed by atoms with Crippen molar-refractivity contribution in [3.05, 3.63) is 28.0 Å². The Kier molecular flexibility index (Phi) is 1.99. The van der Waals surface area contributed by atoms with E-state index in [2.05, 4.69) is 4.98 Å². The summed E-state index contributed by atoms with van der Waals surface area (Å²) in [5.74, 6) is 0.437. The predicted molar refractivity (Wildman–Crippen MR) is 49.6 cm³/mol. The molecular formula is C8H8Cl2N2. The molecule has 1 saturated carbocycles. The fourth-order valence-electron chi connectivity index (χ4n) is 1.24. The van der Waals surface area contributed by atoms with Crippen LogP contribution in [-0.2, 0) is 0 Å². The van der Waals surface area contributed by atoms with Gasteiger partial charge in [0, 0.05) is 18.2 Å². The molecule has 64 valence electrons. The zero-order valence-electron chi connectivity index (χ0n) is 6.30. The Balaban J connectivity index is 2.29. The summed E-state index contributed by atoms with van der Waals surface area (Å²) in [5.41, 5.74) is 6.78. The summed E-state index contributed by atoms with van der Waals surface area (Å²) in [4.78, 5) is 3.95. The molecule has 2 N–H and O–H groups in total. The first-order chi connectivity index (χ1) is 5.68. The Morgan fingerprint density at radius 3 is 2.67 bits per heavy atom. The molecule has 0 saturated heterocycles. The fraction of sp³-hybridized carbons (Fsp3) is 0.375.